The number of nitrogens with zero attached hydrogens (tertiary/aromatic N) is 2. The van der Waals surface area contributed by atoms with Crippen LogP contribution in [0.4, 0.5) is 13.2 Å². The van der Waals surface area contributed by atoms with Crippen LogP contribution in [0.2, 0.25) is 0 Å². The van der Waals surface area contributed by atoms with Crippen LogP contribution in [0.1, 0.15) is 28.7 Å². The minimum Gasteiger partial charge on any atom is -0.334 e. The van der Waals surface area contributed by atoms with E-state index in [9.17, 15) is 18.0 Å². The lowest BCUT2D eigenvalue weighted by Crippen LogP contribution is -2.30. The smallest absolute Gasteiger partial charge is 0.223 e. The van der Waals surface area contributed by atoms with Gasteiger partial charge in [-0.15, -0.1) is 0 Å². The summed E-state index contributed by atoms with van der Waals surface area (Å²) < 4.78 is 40.1. The maximum absolute atomic E-state index is 13.6. The molecule has 3 aromatic rings. The Kier molecular flexibility index (Phi) is 6.87. The molecular weight excluding hydrogens is 389 g/mol. The minimum atomic E-state index is -0.950. The van der Waals surface area contributed by atoms with Crippen LogP contribution < -0.4 is 0 Å². The maximum atomic E-state index is 13.6. The molecule has 1 amide bonds. The van der Waals surface area contributed by atoms with Crippen molar-refractivity contribution in [3.63, 3.8) is 0 Å². The molecule has 0 fully saturated rings. The first-order valence-electron chi connectivity index (χ1n) is 9.40. The van der Waals surface area contributed by atoms with Crippen LogP contribution in [0, 0.1) is 28.8 Å². The fourth-order valence-electron chi connectivity index (χ4n) is 3.10. The van der Waals surface area contributed by atoms with E-state index in [1.165, 1.54) is 18.2 Å². The van der Waals surface area contributed by atoms with Gasteiger partial charge in [0.05, 0.1) is 11.6 Å². The first kappa shape index (κ1) is 21.1. The maximum Gasteiger partial charge on any atom is 0.223 e. The molecule has 152 valence electrons. The Bertz CT molecular complexity index is 1070. The highest BCUT2D eigenvalue weighted by atomic mass is 19.2. The van der Waals surface area contributed by atoms with Gasteiger partial charge in [0.2, 0.25) is 5.91 Å². The van der Waals surface area contributed by atoms with Crippen molar-refractivity contribution in [3.8, 4) is 6.07 Å². The highest BCUT2D eigenvalue weighted by Gasteiger charge is 2.16. The molecule has 0 aromatic heterocycles. The van der Waals surface area contributed by atoms with Crippen molar-refractivity contribution in [1.29, 1.82) is 5.26 Å². The van der Waals surface area contributed by atoms with Gasteiger partial charge in [0.1, 0.15) is 5.82 Å². The average Bonchev–Trinajstić information content (AvgIpc) is 2.74. The van der Waals surface area contributed by atoms with Gasteiger partial charge in [0.15, 0.2) is 11.6 Å². The molecule has 0 radical (unpaired) electrons. The number of hydrogen-bond donors (Lipinski definition) is 0. The van der Waals surface area contributed by atoms with E-state index in [0.29, 0.717) is 16.7 Å². The van der Waals surface area contributed by atoms with Gasteiger partial charge in [-0.2, -0.15) is 5.26 Å². The van der Waals surface area contributed by atoms with E-state index in [0.717, 1.165) is 17.7 Å². The zero-order valence-corrected chi connectivity index (χ0v) is 16.1. The molecule has 0 N–H and O–H groups in total. The molecule has 0 saturated carbocycles. The Morgan fingerprint density at radius 1 is 0.833 bits per heavy atom. The molecule has 6 heteroatoms. The summed E-state index contributed by atoms with van der Waals surface area (Å²) in [6.45, 7) is 0.479. The summed E-state index contributed by atoms with van der Waals surface area (Å²) in [5, 5.41) is 8.93. The van der Waals surface area contributed by atoms with Gasteiger partial charge < -0.3 is 4.90 Å². The third-order valence-corrected chi connectivity index (χ3v) is 4.68. The predicted molar refractivity (Wildman–Crippen MR) is 106 cm³/mol. The third-order valence-electron chi connectivity index (χ3n) is 4.68. The highest BCUT2D eigenvalue weighted by molar-refractivity contribution is 5.76. The minimum absolute atomic E-state index is 0.0939. The zero-order chi connectivity index (χ0) is 21.5. The third kappa shape index (κ3) is 5.71. The van der Waals surface area contributed by atoms with Crippen LogP contribution in [-0.2, 0) is 24.3 Å². The zero-order valence-electron chi connectivity index (χ0n) is 16.1. The van der Waals surface area contributed by atoms with E-state index < -0.39 is 11.6 Å². The van der Waals surface area contributed by atoms with Crippen LogP contribution in [-0.4, -0.2) is 10.8 Å². The normalized spacial score (nSPS) is 10.5. The molecule has 0 spiro atoms. The molecule has 0 aliphatic carbocycles. The average molecular weight is 408 g/mol. The summed E-state index contributed by atoms with van der Waals surface area (Å²) in [6, 6.07) is 18.5. The summed E-state index contributed by atoms with van der Waals surface area (Å²) in [6.07, 6.45) is 0.347. The standard InChI is InChI=1S/C24H19F3N2O/c25-21-3-1-2-20(12-21)16-29(15-19-6-4-18(14-28)5-7-19)24(30)11-9-17-8-10-22(26)23(27)13-17/h1-8,10,12-13H,9,11,15-16H2. The van der Waals surface area contributed by atoms with E-state index in [1.807, 2.05) is 6.07 Å². The van der Waals surface area contributed by atoms with Crippen molar-refractivity contribution < 1.29 is 18.0 Å². The van der Waals surface area contributed by atoms with Crippen LogP contribution in [0.5, 0.6) is 0 Å². The van der Waals surface area contributed by atoms with Gasteiger partial charge in [0, 0.05) is 19.5 Å². The molecule has 3 aromatic carbocycles. The fraction of sp³-hybridized carbons (Fsp3) is 0.167. The molecule has 0 atom stereocenters. The molecule has 3 nitrogen and oxygen atoms in total. The molecule has 0 unspecified atom stereocenters. The number of nitriles is 1. The van der Waals surface area contributed by atoms with E-state index in [2.05, 4.69) is 0 Å². The summed E-state index contributed by atoms with van der Waals surface area (Å²) in [4.78, 5) is 14.5. The number of carbonyl (C=O) groups is 1. The number of rotatable bonds is 7. The monoisotopic (exact) mass is 408 g/mol. The second-order valence-corrected chi connectivity index (χ2v) is 6.94. The van der Waals surface area contributed by atoms with Crippen LogP contribution in [0.3, 0.4) is 0 Å². The van der Waals surface area contributed by atoms with Crippen LogP contribution in [0.25, 0.3) is 0 Å². The van der Waals surface area contributed by atoms with Crippen molar-refractivity contribution in [2.24, 2.45) is 0 Å². The Hall–Kier alpha value is -3.59. The molecule has 3 rings (SSSR count). The van der Waals surface area contributed by atoms with Crippen molar-refractivity contribution in [3.05, 3.63) is 106 Å². The SMILES string of the molecule is N#Cc1ccc(CN(Cc2cccc(F)c2)C(=O)CCc2ccc(F)c(F)c2)cc1. The number of halogens is 3. The Balaban J connectivity index is 1.75. The van der Waals surface area contributed by atoms with Gasteiger partial charge in [-0.25, -0.2) is 13.2 Å². The molecule has 0 bridgehead atoms. The Morgan fingerprint density at radius 2 is 1.53 bits per heavy atom. The lowest BCUT2D eigenvalue weighted by atomic mass is 10.1. The Labute approximate surface area is 173 Å². The van der Waals surface area contributed by atoms with Crippen molar-refractivity contribution in [2.75, 3.05) is 0 Å². The van der Waals surface area contributed by atoms with Crippen molar-refractivity contribution >= 4 is 5.91 Å². The number of carbonyl (C=O) groups excluding carboxylic acids is 1. The quantitative estimate of drug-likeness (QED) is 0.544. The van der Waals surface area contributed by atoms with Crippen molar-refractivity contribution in [1.82, 2.24) is 4.90 Å². The number of hydrogen-bond acceptors (Lipinski definition) is 2. The highest BCUT2D eigenvalue weighted by Crippen LogP contribution is 2.16. The molecule has 0 aliphatic rings. The van der Waals surface area contributed by atoms with E-state index >= 15 is 0 Å². The lowest BCUT2D eigenvalue weighted by Gasteiger charge is -2.23. The van der Waals surface area contributed by atoms with E-state index in [-0.39, 0.29) is 37.7 Å². The van der Waals surface area contributed by atoms with E-state index in [1.54, 1.807) is 41.3 Å². The molecular formula is C24H19F3N2O. The van der Waals surface area contributed by atoms with Gasteiger partial charge in [-0.05, 0) is 59.5 Å². The topological polar surface area (TPSA) is 44.1 Å². The van der Waals surface area contributed by atoms with Gasteiger partial charge in [0.25, 0.3) is 0 Å². The van der Waals surface area contributed by atoms with Crippen LogP contribution in [0.15, 0.2) is 66.7 Å². The number of benzene rings is 3. The lowest BCUT2D eigenvalue weighted by molar-refractivity contribution is -0.132. The second kappa shape index (κ2) is 9.75. The second-order valence-electron chi connectivity index (χ2n) is 6.94. The molecule has 0 saturated heterocycles. The number of aryl methyl sites for hydroxylation is 1. The predicted octanol–water partition coefficient (Wildman–Crippen LogP) is 5.14. The molecule has 0 aliphatic heterocycles. The van der Waals surface area contributed by atoms with Crippen LogP contribution >= 0.6 is 0 Å². The molecule has 0 heterocycles. The van der Waals surface area contributed by atoms with Gasteiger partial charge >= 0.3 is 0 Å². The van der Waals surface area contributed by atoms with Crippen molar-refractivity contribution in [2.45, 2.75) is 25.9 Å². The summed E-state index contributed by atoms with van der Waals surface area (Å²) >= 11 is 0. The van der Waals surface area contributed by atoms with Gasteiger partial charge in [-0.1, -0.05) is 30.3 Å². The summed E-state index contributed by atoms with van der Waals surface area (Å²) in [5.41, 5.74) is 2.50. The first-order chi connectivity index (χ1) is 14.4. The largest absolute Gasteiger partial charge is 0.334 e. The summed E-state index contributed by atoms with van der Waals surface area (Å²) in [5.74, 6) is -2.47. The number of amides is 1. The fourth-order valence-corrected chi connectivity index (χ4v) is 3.10. The Morgan fingerprint density at radius 3 is 2.20 bits per heavy atom. The first-order valence-corrected chi connectivity index (χ1v) is 9.40. The summed E-state index contributed by atoms with van der Waals surface area (Å²) in [7, 11) is 0. The van der Waals surface area contributed by atoms with Gasteiger partial charge in [-0.3, -0.25) is 4.79 Å². The van der Waals surface area contributed by atoms with E-state index in [4.69, 9.17) is 5.26 Å². The molecule has 30 heavy (non-hydrogen) atoms.